The number of carbonyl (C=O) groups excluding carboxylic acids is 1. The molecule has 0 unspecified atom stereocenters. The molecule has 8 heteroatoms. The van der Waals surface area contributed by atoms with Gasteiger partial charge in [-0.1, -0.05) is 51.8 Å². The van der Waals surface area contributed by atoms with Crippen molar-refractivity contribution in [3.05, 3.63) is 74.9 Å². The minimum atomic E-state index is -3.77. The monoisotopic (exact) mass is 441 g/mol. The fourth-order valence-electron chi connectivity index (χ4n) is 1.90. The molecule has 0 saturated heterocycles. The predicted octanol–water partition coefficient (Wildman–Crippen LogP) is 3.53. The molecule has 2 rings (SSSR count). The lowest BCUT2D eigenvalue weighted by molar-refractivity contribution is -0.143. The molecule has 0 fully saturated rings. The van der Waals surface area contributed by atoms with Crippen LogP contribution in [0.25, 0.3) is 6.08 Å². The van der Waals surface area contributed by atoms with E-state index in [-0.39, 0.29) is 6.61 Å². The highest BCUT2D eigenvalue weighted by Gasteiger charge is 2.11. The van der Waals surface area contributed by atoms with Crippen molar-refractivity contribution in [3.63, 3.8) is 0 Å². The number of aryl methyl sites for hydroxylation is 1. The molecule has 0 aromatic heterocycles. The first-order valence-electron chi connectivity index (χ1n) is 7.59. The van der Waals surface area contributed by atoms with Crippen molar-refractivity contribution in [2.45, 2.75) is 13.5 Å². The lowest BCUT2D eigenvalue weighted by atomic mass is 10.2. The van der Waals surface area contributed by atoms with Gasteiger partial charge >= 0.3 is 5.97 Å². The first-order valence-corrected chi connectivity index (χ1v) is 9.93. The van der Waals surface area contributed by atoms with Crippen molar-refractivity contribution >= 4 is 38.0 Å². The molecule has 0 radical (unpaired) electrons. The van der Waals surface area contributed by atoms with E-state index in [0.717, 1.165) is 16.5 Å². The van der Waals surface area contributed by atoms with E-state index in [1.165, 1.54) is 24.3 Å². The van der Waals surface area contributed by atoms with E-state index in [4.69, 9.17) is 4.74 Å². The fourth-order valence-corrected chi connectivity index (χ4v) is 3.12. The lowest BCUT2D eigenvalue weighted by Gasteiger charge is -2.07. The SMILES string of the molecule is Cc1ccc(/C=C/S(=O)(=O)NCC(=O)OCc2ccc(F)cc2Br)cc1. The second-order valence-electron chi connectivity index (χ2n) is 5.48. The zero-order valence-electron chi connectivity index (χ0n) is 13.9. The quantitative estimate of drug-likeness (QED) is 0.666. The molecular weight excluding hydrogens is 425 g/mol. The molecule has 0 amide bonds. The van der Waals surface area contributed by atoms with Gasteiger partial charge in [0.25, 0.3) is 0 Å². The van der Waals surface area contributed by atoms with Crippen LogP contribution in [0.3, 0.4) is 0 Å². The number of esters is 1. The van der Waals surface area contributed by atoms with Crippen molar-refractivity contribution in [2.24, 2.45) is 0 Å². The standard InChI is InChI=1S/C18H17BrFNO4S/c1-13-2-4-14(5-3-13)8-9-26(23,24)21-11-18(22)25-12-15-6-7-16(20)10-17(15)19/h2-10,21H,11-12H2,1H3/b9-8+. The van der Waals surface area contributed by atoms with E-state index in [1.54, 1.807) is 12.1 Å². The molecule has 5 nitrogen and oxygen atoms in total. The van der Waals surface area contributed by atoms with Gasteiger partial charge in [0.1, 0.15) is 19.0 Å². The fraction of sp³-hybridized carbons (Fsp3) is 0.167. The molecule has 0 saturated carbocycles. The maximum Gasteiger partial charge on any atom is 0.321 e. The van der Waals surface area contributed by atoms with Gasteiger partial charge in [-0.05, 0) is 30.7 Å². The van der Waals surface area contributed by atoms with Crippen LogP contribution < -0.4 is 4.72 Å². The Morgan fingerprint density at radius 1 is 1.23 bits per heavy atom. The van der Waals surface area contributed by atoms with Gasteiger partial charge in [0, 0.05) is 15.4 Å². The summed E-state index contributed by atoms with van der Waals surface area (Å²) >= 11 is 3.16. The molecule has 0 bridgehead atoms. The third-order valence-electron chi connectivity index (χ3n) is 3.34. The Morgan fingerprint density at radius 3 is 2.58 bits per heavy atom. The van der Waals surface area contributed by atoms with Crippen LogP contribution in [0.2, 0.25) is 0 Å². The Kier molecular flexibility index (Phi) is 7.07. The summed E-state index contributed by atoms with van der Waals surface area (Å²) in [5.74, 6) is -1.16. The average Bonchev–Trinajstić information content (AvgIpc) is 2.59. The molecule has 0 aliphatic heterocycles. The summed E-state index contributed by atoms with van der Waals surface area (Å²) in [6.07, 6.45) is 1.43. The normalized spacial score (nSPS) is 11.7. The second-order valence-corrected chi connectivity index (χ2v) is 7.98. The van der Waals surface area contributed by atoms with Crippen molar-refractivity contribution in [1.29, 1.82) is 0 Å². The number of ether oxygens (including phenoxy) is 1. The summed E-state index contributed by atoms with van der Waals surface area (Å²) in [5.41, 5.74) is 2.37. The van der Waals surface area contributed by atoms with Crippen LogP contribution in [0.5, 0.6) is 0 Å². The van der Waals surface area contributed by atoms with Gasteiger partial charge in [-0.3, -0.25) is 4.79 Å². The summed E-state index contributed by atoms with van der Waals surface area (Å²) in [6.45, 7) is 1.34. The number of benzene rings is 2. The summed E-state index contributed by atoms with van der Waals surface area (Å²) in [4.78, 5) is 11.7. The number of nitrogens with one attached hydrogen (secondary N) is 1. The van der Waals surface area contributed by atoms with Gasteiger partial charge in [-0.2, -0.15) is 0 Å². The molecule has 2 aromatic carbocycles. The van der Waals surface area contributed by atoms with E-state index >= 15 is 0 Å². The maximum absolute atomic E-state index is 13.0. The molecule has 1 N–H and O–H groups in total. The largest absolute Gasteiger partial charge is 0.460 e. The summed E-state index contributed by atoms with van der Waals surface area (Å²) < 4.78 is 44.3. The Balaban J connectivity index is 1.84. The molecule has 0 atom stereocenters. The first kappa shape index (κ1) is 20.3. The van der Waals surface area contributed by atoms with Gasteiger partial charge in [-0.15, -0.1) is 0 Å². The zero-order chi connectivity index (χ0) is 19.2. The number of rotatable bonds is 7. The Morgan fingerprint density at radius 2 is 1.92 bits per heavy atom. The van der Waals surface area contributed by atoms with Crippen LogP contribution >= 0.6 is 15.9 Å². The zero-order valence-corrected chi connectivity index (χ0v) is 16.3. The van der Waals surface area contributed by atoms with Gasteiger partial charge in [0.15, 0.2) is 0 Å². The van der Waals surface area contributed by atoms with Crippen LogP contribution in [0, 0.1) is 12.7 Å². The average molecular weight is 442 g/mol. The number of halogens is 2. The minimum Gasteiger partial charge on any atom is -0.460 e. The van der Waals surface area contributed by atoms with Gasteiger partial charge in [-0.25, -0.2) is 17.5 Å². The van der Waals surface area contributed by atoms with Crippen molar-refractivity contribution in [1.82, 2.24) is 4.72 Å². The topological polar surface area (TPSA) is 72.5 Å². The van der Waals surface area contributed by atoms with Crippen LogP contribution in [0.4, 0.5) is 4.39 Å². The van der Waals surface area contributed by atoms with Crippen molar-refractivity contribution in [3.8, 4) is 0 Å². The van der Waals surface area contributed by atoms with Crippen molar-refractivity contribution < 1.29 is 22.3 Å². The molecule has 0 heterocycles. The third-order valence-corrected chi connectivity index (χ3v) is 5.12. The molecule has 138 valence electrons. The summed E-state index contributed by atoms with van der Waals surface area (Å²) in [5, 5.41) is 0.988. The van der Waals surface area contributed by atoms with Crippen molar-refractivity contribution in [2.75, 3.05) is 6.54 Å². The summed E-state index contributed by atoms with van der Waals surface area (Å²) in [7, 11) is -3.77. The molecule has 26 heavy (non-hydrogen) atoms. The third kappa shape index (κ3) is 6.70. The molecule has 0 aliphatic rings. The highest BCUT2D eigenvalue weighted by Crippen LogP contribution is 2.18. The molecule has 2 aromatic rings. The van der Waals surface area contributed by atoms with Crippen LogP contribution in [-0.2, 0) is 26.2 Å². The van der Waals surface area contributed by atoms with Crippen LogP contribution in [0.15, 0.2) is 52.3 Å². The number of hydrogen-bond acceptors (Lipinski definition) is 4. The van der Waals surface area contributed by atoms with Crippen LogP contribution in [-0.4, -0.2) is 20.9 Å². The van der Waals surface area contributed by atoms with E-state index in [2.05, 4.69) is 20.7 Å². The second kappa shape index (κ2) is 9.07. The minimum absolute atomic E-state index is 0.0966. The Bertz CT molecular complexity index is 911. The van der Waals surface area contributed by atoms with Gasteiger partial charge < -0.3 is 4.74 Å². The van der Waals surface area contributed by atoms with Crippen LogP contribution in [0.1, 0.15) is 16.7 Å². The summed E-state index contributed by atoms with van der Waals surface area (Å²) in [6, 6.07) is 11.3. The highest BCUT2D eigenvalue weighted by molar-refractivity contribution is 9.10. The number of carbonyl (C=O) groups is 1. The number of sulfonamides is 1. The van der Waals surface area contributed by atoms with E-state index in [0.29, 0.717) is 10.0 Å². The maximum atomic E-state index is 13.0. The Labute approximate surface area is 160 Å². The highest BCUT2D eigenvalue weighted by atomic mass is 79.9. The first-order chi connectivity index (χ1) is 12.2. The van der Waals surface area contributed by atoms with Gasteiger partial charge in [0.2, 0.25) is 10.0 Å². The van der Waals surface area contributed by atoms with Gasteiger partial charge in [0.05, 0.1) is 0 Å². The molecule has 0 spiro atoms. The smallest absolute Gasteiger partial charge is 0.321 e. The van der Waals surface area contributed by atoms with E-state index in [1.807, 2.05) is 19.1 Å². The Hall–Kier alpha value is -2.03. The number of hydrogen-bond donors (Lipinski definition) is 1. The lowest BCUT2D eigenvalue weighted by Crippen LogP contribution is -2.29. The van der Waals surface area contributed by atoms with E-state index < -0.39 is 28.4 Å². The van der Waals surface area contributed by atoms with E-state index in [9.17, 15) is 17.6 Å². The molecule has 0 aliphatic carbocycles. The molecular formula is C18H17BrFNO4S. The predicted molar refractivity (Wildman–Crippen MR) is 101 cm³/mol.